The summed E-state index contributed by atoms with van der Waals surface area (Å²) in [5.74, 6) is 0.125. The van der Waals surface area contributed by atoms with Crippen molar-refractivity contribution >= 4 is 5.91 Å². The Bertz CT molecular complexity index is 320. The summed E-state index contributed by atoms with van der Waals surface area (Å²) < 4.78 is 0. The maximum absolute atomic E-state index is 12.1. The number of nitrogens with one attached hydrogen (secondary N) is 2. The van der Waals surface area contributed by atoms with Crippen molar-refractivity contribution < 1.29 is 4.79 Å². The molecule has 0 aromatic heterocycles. The largest absolute Gasteiger partial charge is 0.352 e. The van der Waals surface area contributed by atoms with Gasteiger partial charge in [0.05, 0.1) is 6.04 Å². The quantitative estimate of drug-likeness (QED) is 0.810. The third-order valence-corrected chi connectivity index (χ3v) is 4.44. The molecule has 0 radical (unpaired) electrons. The van der Waals surface area contributed by atoms with Gasteiger partial charge in [0.2, 0.25) is 5.91 Å². The van der Waals surface area contributed by atoms with E-state index in [1.165, 1.54) is 6.42 Å². The predicted octanol–water partition coefficient (Wildman–Crippen LogP) is 3.48. The summed E-state index contributed by atoms with van der Waals surface area (Å²) >= 11 is 0. The van der Waals surface area contributed by atoms with E-state index in [-0.39, 0.29) is 18.0 Å². The highest BCUT2D eigenvalue weighted by molar-refractivity contribution is 5.81. The van der Waals surface area contributed by atoms with Gasteiger partial charge in [0.25, 0.3) is 0 Å². The highest BCUT2D eigenvalue weighted by Gasteiger charge is 2.39. The SMILES string of the molecule is CCC(C)NC(=O)C(C)NC1CC(C)(C)CC(C)(C)C1. The minimum absolute atomic E-state index is 0.112. The van der Waals surface area contributed by atoms with Gasteiger partial charge in [-0.05, 0) is 50.4 Å². The van der Waals surface area contributed by atoms with E-state index in [1.54, 1.807) is 0 Å². The first-order valence-electron chi connectivity index (χ1n) is 8.11. The van der Waals surface area contributed by atoms with Crippen molar-refractivity contribution in [2.24, 2.45) is 10.8 Å². The Morgan fingerprint density at radius 3 is 2.10 bits per heavy atom. The fraction of sp³-hybridized carbons (Fsp3) is 0.941. The average molecular weight is 282 g/mol. The maximum Gasteiger partial charge on any atom is 0.237 e. The van der Waals surface area contributed by atoms with Crippen molar-refractivity contribution in [3.8, 4) is 0 Å². The van der Waals surface area contributed by atoms with Crippen molar-refractivity contribution in [3.63, 3.8) is 0 Å². The summed E-state index contributed by atoms with van der Waals surface area (Å²) in [6, 6.07) is 0.580. The molecule has 1 saturated carbocycles. The third kappa shape index (κ3) is 5.43. The molecule has 1 rings (SSSR count). The molecular formula is C17H34N2O. The minimum Gasteiger partial charge on any atom is -0.352 e. The van der Waals surface area contributed by atoms with Gasteiger partial charge in [-0.15, -0.1) is 0 Å². The Kier molecular flexibility index (Phi) is 5.65. The van der Waals surface area contributed by atoms with Gasteiger partial charge in [-0.3, -0.25) is 4.79 Å². The molecule has 1 amide bonds. The van der Waals surface area contributed by atoms with Crippen LogP contribution in [0.4, 0.5) is 0 Å². The lowest BCUT2D eigenvalue weighted by Crippen LogP contribution is -2.52. The number of hydrogen-bond donors (Lipinski definition) is 2. The van der Waals surface area contributed by atoms with Gasteiger partial charge in [0.15, 0.2) is 0 Å². The Morgan fingerprint density at radius 1 is 1.15 bits per heavy atom. The average Bonchev–Trinajstić information content (AvgIpc) is 2.23. The van der Waals surface area contributed by atoms with Crippen molar-refractivity contribution in [1.82, 2.24) is 10.6 Å². The molecule has 0 aromatic rings. The number of amides is 1. The fourth-order valence-electron chi connectivity index (χ4n) is 3.86. The van der Waals surface area contributed by atoms with Gasteiger partial charge in [-0.1, -0.05) is 34.6 Å². The van der Waals surface area contributed by atoms with E-state index in [0.29, 0.717) is 16.9 Å². The molecule has 1 aliphatic rings. The van der Waals surface area contributed by atoms with E-state index in [1.807, 2.05) is 6.92 Å². The van der Waals surface area contributed by atoms with Gasteiger partial charge >= 0.3 is 0 Å². The van der Waals surface area contributed by atoms with Gasteiger partial charge in [-0.2, -0.15) is 0 Å². The van der Waals surface area contributed by atoms with Crippen LogP contribution in [0.5, 0.6) is 0 Å². The summed E-state index contributed by atoms with van der Waals surface area (Å²) in [5, 5.41) is 6.61. The van der Waals surface area contributed by atoms with Gasteiger partial charge < -0.3 is 10.6 Å². The Morgan fingerprint density at radius 2 is 1.65 bits per heavy atom. The van der Waals surface area contributed by atoms with Crippen LogP contribution in [-0.2, 0) is 4.79 Å². The van der Waals surface area contributed by atoms with Crippen LogP contribution < -0.4 is 10.6 Å². The predicted molar refractivity (Wildman–Crippen MR) is 85.7 cm³/mol. The number of carbonyl (C=O) groups is 1. The Hall–Kier alpha value is -0.570. The molecule has 3 heteroatoms. The first kappa shape index (κ1) is 17.5. The smallest absolute Gasteiger partial charge is 0.237 e. The molecule has 2 N–H and O–H groups in total. The summed E-state index contributed by atoms with van der Waals surface area (Å²) in [4.78, 5) is 12.1. The number of hydrogen-bond acceptors (Lipinski definition) is 2. The van der Waals surface area contributed by atoms with Gasteiger partial charge in [0.1, 0.15) is 0 Å². The monoisotopic (exact) mass is 282 g/mol. The third-order valence-electron chi connectivity index (χ3n) is 4.44. The van der Waals surface area contributed by atoms with Crippen LogP contribution in [0, 0.1) is 10.8 Å². The van der Waals surface area contributed by atoms with Gasteiger partial charge in [-0.25, -0.2) is 0 Å². The summed E-state index contributed by atoms with van der Waals surface area (Å²) in [5.41, 5.74) is 0.707. The zero-order valence-corrected chi connectivity index (χ0v) is 14.5. The second kappa shape index (κ2) is 6.46. The lowest BCUT2D eigenvalue weighted by molar-refractivity contribution is -0.123. The van der Waals surface area contributed by atoms with E-state index < -0.39 is 0 Å². The molecule has 20 heavy (non-hydrogen) atoms. The highest BCUT2D eigenvalue weighted by Crippen LogP contribution is 2.45. The van der Waals surface area contributed by atoms with Crippen LogP contribution in [0.1, 0.15) is 74.1 Å². The van der Waals surface area contributed by atoms with Crippen LogP contribution in [0.25, 0.3) is 0 Å². The fourth-order valence-corrected chi connectivity index (χ4v) is 3.86. The molecule has 0 bridgehead atoms. The molecule has 0 aromatic carbocycles. The van der Waals surface area contributed by atoms with E-state index in [4.69, 9.17) is 0 Å². The molecule has 118 valence electrons. The zero-order valence-electron chi connectivity index (χ0n) is 14.5. The maximum atomic E-state index is 12.1. The number of rotatable bonds is 5. The molecule has 3 nitrogen and oxygen atoms in total. The van der Waals surface area contributed by atoms with Crippen LogP contribution in [0.15, 0.2) is 0 Å². The van der Waals surface area contributed by atoms with E-state index in [9.17, 15) is 4.79 Å². The minimum atomic E-state index is -0.112. The van der Waals surface area contributed by atoms with Crippen molar-refractivity contribution in [2.75, 3.05) is 0 Å². The van der Waals surface area contributed by atoms with E-state index in [0.717, 1.165) is 19.3 Å². The summed E-state index contributed by atoms with van der Waals surface area (Å²) in [6.45, 7) is 15.5. The second-order valence-electron chi connectivity index (χ2n) is 8.32. The summed E-state index contributed by atoms with van der Waals surface area (Å²) in [7, 11) is 0. The standard InChI is InChI=1S/C17H34N2O/c1-8-12(2)18-15(20)13(3)19-14-9-16(4,5)11-17(6,7)10-14/h12-14,19H,8-11H2,1-7H3,(H,18,20). The van der Waals surface area contributed by atoms with E-state index in [2.05, 4.69) is 52.2 Å². The first-order chi connectivity index (χ1) is 9.04. The van der Waals surface area contributed by atoms with Crippen molar-refractivity contribution in [1.29, 1.82) is 0 Å². The molecule has 0 heterocycles. The lowest BCUT2D eigenvalue weighted by atomic mass is 9.63. The van der Waals surface area contributed by atoms with Crippen LogP contribution in [0.3, 0.4) is 0 Å². The molecule has 2 unspecified atom stereocenters. The Balaban J connectivity index is 2.56. The van der Waals surface area contributed by atoms with E-state index >= 15 is 0 Å². The molecule has 2 atom stereocenters. The zero-order chi connectivity index (χ0) is 15.6. The highest BCUT2D eigenvalue weighted by atomic mass is 16.2. The number of carbonyl (C=O) groups excluding carboxylic acids is 1. The first-order valence-corrected chi connectivity index (χ1v) is 8.11. The molecule has 0 aliphatic heterocycles. The van der Waals surface area contributed by atoms with Crippen molar-refractivity contribution in [2.45, 2.75) is 92.3 Å². The molecule has 0 saturated heterocycles. The van der Waals surface area contributed by atoms with Crippen LogP contribution in [-0.4, -0.2) is 24.0 Å². The second-order valence-corrected chi connectivity index (χ2v) is 8.32. The molecule has 0 spiro atoms. The molecule has 1 aliphatic carbocycles. The van der Waals surface area contributed by atoms with Gasteiger partial charge in [0, 0.05) is 12.1 Å². The molecule has 1 fully saturated rings. The van der Waals surface area contributed by atoms with Crippen molar-refractivity contribution in [3.05, 3.63) is 0 Å². The topological polar surface area (TPSA) is 41.1 Å². The van der Waals surface area contributed by atoms with Crippen LogP contribution in [0.2, 0.25) is 0 Å². The Labute approximate surface area is 125 Å². The summed E-state index contributed by atoms with van der Waals surface area (Å²) in [6.07, 6.45) is 4.53. The van der Waals surface area contributed by atoms with Crippen LogP contribution >= 0.6 is 0 Å². The molecular weight excluding hydrogens is 248 g/mol. The lowest BCUT2D eigenvalue weighted by Gasteiger charge is -2.45. The normalized spacial score (nSPS) is 24.9.